The maximum Gasteiger partial charge on any atom is 0.251 e. The summed E-state index contributed by atoms with van der Waals surface area (Å²) in [5, 5.41) is 2.90. The molecular weight excluding hydrogens is 426 g/mol. The number of nitrogens with one attached hydrogen (secondary N) is 1. The van der Waals surface area contributed by atoms with Crippen LogP contribution >= 0.6 is 31.9 Å². The molecule has 23 heavy (non-hydrogen) atoms. The van der Waals surface area contributed by atoms with E-state index in [-0.39, 0.29) is 5.91 Å². The topological polar surface area (TPSA) is 47.6 Å². The minimum Gasteiger partial charge on any atom is -0.493 e. The molecule has 0 aliphatic heterocycles. The van der Waals surface area contributed by atoms with E-state index in [4.69, 9.17) is 9.47 Å². The highest BCUT2D eigenvalue weighted by molar-refractivity contribution is 9.10. The summed E-state index contributed by atoms with van der Waals surface area (Å²) in [5.74, 6) is 0.944. The van der Waals surface area contributed by atoms with Crippen molar-refractivity contribution in [1.29, 1.82) is 0 Å². The first-order valence-corrected chi connectivity index (χ1v) is 8.66. The fraction of sp³-hybridized carbons (Fsp3) is 0.235. The lowest BCUT2D eigenvalue weighted by molar-refractivity contribution is 0.0950. The van der Waals surface area contributed by atoms with Crippen molar-refractivity contribution in [2.24, 2.45) is 0 Å². The van der Waals surface area contributed by atoms with E-state index in [9.17, 15) is 4.79 Å². The van der Waals surface area contributed by atoms with Gasteiger partial charge in [0.2, 0.25) is 0 Å². The van der Waals surface area contributed by atoms with Crippen molar-refractivity contribution in [2.75, 3.05) is 13.7 Å². The van der Waals surface area contributed by atoms with E-state index in [1.54, 1.807) is 19.2 Å². The van der Waals surface area contributed by atoms with E-state index >= 15 is 0 Å². The second-order valence-electron chi connectivity index (χ2n) is 4.74. The van der Waals surface area contributed by atoms with Crippen LogP contribution in [0.25, 0.3) is 0 Å². The van der Waals surface area contributed by atoms with Crippen LogP contribution in [0.3, 0.4) is 0 Å². The molecule has 0 aliphatic carbocycles. The summed E-state index contributed by atoms with van der Waals surface area (Å²) in [5.41, 5.74) is 1.52. The lowest BCUT2D eigenvalue weighted by Gasteiger charge is -2.13. The van der Waals surface area contributed by atoms with Crippen LogP contribution in [0.2, 0.25) is 0 Å². The second-order valence-corrected chi connectivity index (χ2v) is 6.51. The zero-order valence-electron chi connectivity index (χ0n) is 12.9. The smallest absolute Gasteiger partial charge is 0.251 e. The van der Waals surface area contributed by atoms with Crippen LogP contribution in [0.15, 0.2) is 45.3 Å². The first-order valence-electron chi connectivity index (χ1n) is 7.08. The van der Waals surface area contributed by atoms with Crippen LogP contribution in [0, 0.1) is 0 Å². The number of halogens is 2. The first-order chi connectivity index (χ1) is 11.0. The van der Waals surface area contributed by atoms with Gasteiger partial charge in [0.1, 0.15) is 0 Å². The van der Waals surface area contributed by atoms with E-state index in [2.05, 4.69) is 37.2 Å². The van der Waals surface area contributed by atoms with Crippen molar-refractivity contribution in [3.63, 3.8) is 0 Å². The van der Waals surface area contributed by atoms with Crippen molar-refractivity contribution in [1.82, 2.24) is 5.32 Å². The molecule has 0 radical (unpaired) electrons. The zero-order chi connectivity index (χ0) is 16.8. The fourth-order valence-electron chi connectivity index (χ4n) is 2.07. The van der Waals surface area contributed by atoms with E-state index in [0.29, 0.717) is 34.7 Å². The van der Waals surface area contributed by atoms with Crippen molar-refractivity contribution in [2.45, 2.75) is 13.5 Å². The Morgan fingerprint density at radius 2 is 2.00 bits per heavy atom. The molecule has 0 atom stereocenters. The lowest BCUT2D eigenvalue weighted by atomic mass is 10.1. The third kappa shape index (κ3) is 4.72. The Morgan fingerprint density at radius 3 is 2.65 bits per heavy atom. The van der Waals surface area contributed by atoms with Crippen molar-refractivity contribution >= 4 is 37.8 Å². The van der Waals surface area contributed by atoms with Gasteiger partial charge in [0.05, 0.1) is 18.2 Å². The number of ether oxygens (including phenoxy) is 2. The number of hydrogen-bond donors (Lipinski definition) is 1. The van der Waals surface area contributed by atoms with E-state index in [1.165, 1.54) is 0 Å². The van der Waals surface area contributed by atoms with Crippen molar-refractivity contribution < 1.29 is 14.3 Å². The van der Waals surface area contributed by atoms with Crippen LogP contribution in [-0.4, -0.2) is 19.6 Å². The Kier molecular flexibility index (Phi) is 6.47. The molecule has 0 saturated heterocycles. The molecule has 2 rings (SSSR count). The summed E-state index contributed by atoms with van der Waals surface area (Å²) < 4.78 is 12.5. The van der Waals surface area contributed by atoms with E-state index in [1.807, 2.05) is 31.2 Å². The Balaban J connectivity index is 2.14. The number of hydrogen-bond acceptors (Lipinski definition) is 3. The number of amides is 1. The largest absolute Gasteiger partial charge is 0.493 e. The maximum atomic E-state index is 12.4. The number of carbonyl (C=O) groups is 1. The Bertz CT molecular complexity index is 704. The predicted octanol–water partition coefficient (Wildman–Crippen LogP) is 4.55. The summed E-state index contributed by atoms with van der Waals surface area (Å²) >= 11 is 6.84. The van der Waals surface area contributed by atoms with Gasteiger partial charge in [-0.05, 0) is 52.7 Å². The highest BCUT2D eigenvalue weighted by Crippen LogP contribution is 2.36. The molecule has 0 aromatic heterocycles. The number of methoxy groups -OCH3 is 1. The van der Waals surface area contributed by atoms with Gasteiger partial charge in [0, 0.05) is 16.6 Å². The summed E-state index contributed by atoms with van der Waals surface area (Å²) in [6.45, 7) is 2.86. The van der Waals surface area contributed by atoms with E-state index in [0.717, 1.165) is 10.0 Å². The van der Waals surface area contributed by atoms with Gasteiger partial charge in [-0.3, -0.25) is 4.79 Å². The molecule has 0 fully saturated rings. The number of benzene rings is 2. The molecule has 6 heteroatoms. The molecule has 1 amide bonds. The van der Waals surface area contributed by atoms with Crippen LogP contribution in [0.1, 0.15) is 22.8 Å². The molecule has 1 N–H and O–H groups in total. The van der Waals surface area contributed by atoms with Crippen LogP contribution in [-0.2, 0) is 6.54 Å². The molecule has 0 saturated carbocycles. The zero-order valence-corrected chi connectivity index (χ0v) is 16.0. The highest BCUT2D eigenvalue weighted by atomic mass is 79.9. The van der Waals surface area contributed by atoms with E-state index < -0.39 is 0 Å². The van der Waals surface area contributed by atoms with Crippen LogP contribution in [0.4, 0.5) is 0 Å². The molecule has 0 bridgehead atoms. The fourth-order valence-corrected chi connectivity index (χ4v) is 3.07. The Morgan fingerprint density at radius 1 is 1.22 bits per heavy atom. The molecule has 0 heterocycles. The standard InChI is InChI=1S/C17H17Br2NO3/c1-3-23-16-14(19)8-12(9-15(16)22-2)17(21)20-10-11-5-4-6-13(18)7-11/h4-9H,3,10H2,1-2H3,(H,20,21). The molecule has 0 unspecified atom stereocenters. The van der Waals surface area contributed by atoms with Gasteiger partial charge in [-0.25, -0.2) is 0 Å². The quantitative estimate of drug-likeness (QED) is 0.713. The number of carbonyl (C=O) groups excluding carboxylic acids is 1. The van der Waals surface area contributed by atoms with Gasteiger partial charge >= 0.3 is 0 Å². The monoisotopic (exact) mass is 441 g/mol. The summed E-state index contributed by atoms with van der Waals surface area (Å²) in [6.07, 6.45) is 0. The normalized spacial score (nSPS) is 10.3. The van der Waals surface area contributed by atoms with Gasteiger partial charge in [0.15, 0.2) is 11.5 Å². The van der Waals surface area contributed by atoms with Crippen molar-refractivity contribution in [3.8, 4) is 11.5 Å². The average molecular weight is 443 g/mol. The summed E-state index contributed by atoms with van der Waals surface area (Å²) in [7, 11) is 1.55. The van der Waals surface area contributed by atoms with Crippen molar-refractivity contribution in [3.05, 3.63) is 56.5 Å². The van der Waals surface area contributed by atoms with Gasteiger partial charge < -0.3 is 14.8 Å². The third-order valence-corrected chi connectivity index (χ3v) is 4.20. The average Bonchev–Trinajstić information content (AvgIpc) is 2.54. The minimum atomic E-state index is -0.174. The molecule has 4 nitrogen and oxygen atoms in total. The Hall–Kier alpha value is -1.53. The number of rotatable bonds is 6. The molecule has 0 aliphatic rings. The molecular formula is C17H17Br2NO3. The third-order valence-electron chi connectivity index (χ3n) is 3.12. The van der Waals surface area contributed by atoms with Crippen LogP contribution in [0.5, 0.6) is 11.5 Å². The Labute approximate surface area is 152 Å². The van der Waals surface area contributed by atoms with Gasteiger partial charge in [-0.2, -0.15) is 0 Å². The van der Waals surface area contributed by atoms with Gasteiger partial charge in [-0.1, -0.05) is 28.1 Å². The lowest BCUT2D eigenvalue weighted by Crippen LogP contribution is -2.22. The molecule has 2 aromatic carbocycles. The molecule has 2 aromatic rings. The van der Waals surface area contributed by atoms with Crippen LogP contribution < -0.4 is 14.8 Å². The summed E-state index contributed by atoms with van der Waals surface area (Å²) in [6, 6.07) is 11.2. The highest BCUT2D eigenvalue weighted by Gasteiger charge is 2.15. The second kappa shape index (κ2) is 8.36. The minimum absolute atomic E-state index is 0.174. The first kappa shape index (κ1) is 17.8. The summed E-state index contributed by atoms with van der Waals surface area (Å²) in [4.78, 5) is 12.4. The SMILES string of the molecule is CCOc1c(Br)cc(C(=O)NCc2cccc(Br)c2)cc1OC. The molecule has 0 spiro atoms. The molecule has 122 valence electrons. The predicted molar refractivity (Wildman–Crippen MR) is 97.2 cm³/mol. The van der Waals surface area contributed by atoms with Gasteiger partial charge in [0.25, 0.3) is 5.91 Å². The maximum absolute atomic E-state index is 12.4. The van der Waals surface area contributed by atoms with Gasteiger partial charge in [-0.15, -0.1) is 0 Å².